The number of hydrogen-bond acceptors (Lipinski definition) is 5. The van der Waals surface area contributed by atoms with Gasteiger partial charge in [0, 0.05) is 43.3 Å². The van der Waals surface area contributed by atoms with Gasteiger partial charge in [-0.25, -0.2) is 0 Å². The molecule has 3 aliphatic rings. The first-order chi connectivity index (χ1) is 13.5. The van der Waals surface area contributed by atoms with E-state index in [-0.39, 0.29) is 24.1 Å². The lowest BCUT2D eigenvalue weighted by atomic mass is 9.89. The van der Waals surface area contributed by atoms with Crippen molar-refractivity contribution < 1.29 is 14.4 Å². The lowest BCUT2D eigenvalue weighted by Gasteiger charge is -2.39. The number of rotatable bonds is 4. The number of imide groups is 1. The van der Waals surface area contributed by atoms with Crippen LogP contribution in [-0.4, -0.2) is 54.8 Å². The van der Waals surface area contributed by atoms with Crippen molar-refractivity contribution in [3.05, 3.63) is 29.3 Å². The fourth-order valence-electron chi connectivity index (χ4n) is 4.88. The van der Waals surface area contributed by atoms with Crippen molar-refractivity contribution in [2.45, 2.75) is 63.2 Å². The van der Waals surface area contributed by atoms with Gasteiger partial charge in [-0.1, -0.05) is 12.8 Å². The van der Waals surface area contributed by atoms with Crippen molar-refractivity contribution in [2.75, 3.05) is 19.0 Å². The maximum absolute atomic E-state index is 12.8. The van der Waals surface area contributed by atoms with Crippen LogP contribution in [0.2, 0.25) is 0 Å². The third-order valence-corrected chi connectivity index (χ3v) is 6.51. The normalized spacial score (nSPS) is 27.6. The molecule has 1 saturated carbocycles. The summed E-state index contributed by atoms with van der Waals surface area (Å²) in [5.74, 6) is -0.751. The van der Waals surface area contributed by atoms with E-state index >= 15 is 0 Å². The highest BCUT2D eigenvalue weighted by Crippen LogP contribution is 2.32. The van der Waals surface area contributed by atoms with Crippen LogP contribution in [0.1, 0.15) is 54.4 Å². The molecular weight excluding hydrogens is 356 g/mol. The Labute approximate surface area is 165 Å². The molecule has 0 aromatic heterocycles. The number of fused-ring (bicyclic) bond motifs is 1. The van der Waals surface area contributed by atoms with Gasteiger partial charge in [0.1, 0.15) is 6.04 Å². The van der Waals surface area contributed by atoms with Crippen LogP contribution in [-0.2, 0) is 16.1 Å². The van der Waals surface area contributed by atoms with Gasteiger partial charge in [-0.15, -0.1) is 0 Å². The molecule has 1 aromatic rings. The molecule has 1 saturated heterocycles. The van der Waals surface area contributed by atoms with Crippen molar-refractivity contribution >= 4 is 23.4 Å². The molecule has 0 bridgehead atoms. The number of nitrogens with one attached hydrogen (secondary N) is 2. The van der Waals surface area contributed by atoms with E-state index in [0.29, 0.717) is 30.6 Å². The minimum absolute atomic E-state index is 0.121. The Morgan fingerprint density at radius 1 is 1.14 bits per heavy atom. The Balaban J connectivity index is 1.54. The number of nitrogens with zero attached hydrogens (tertiary/aromatic N) is 2. The fourth-order valence-corrected chi connectivity index (χ4v) is 4.88. The van der Waals surface area contributed by atoms with Crippen molar-refractivity contribution in [3.8, 4) is 0 Å². The molecule has 3 amide bonds. The maximum atomic E-state index is 12.8. The highest BCUT2D eigenvalue weighted by Gasteiger charge is 2.39. The molecule has 4 rings (SSSR count). The smallest absolute Gasteiger partial charge is 0.255 e. The summed E-state index contributed by atoms with van der Waals surface area (Å²) in [5, 5.41) is 5.80. The molecule has 0 spiro atoms. The molecule has 2 heterocycles. The summed E-state index contributed by atoms with van der Waals surface area (Å²) in [5.41, 5.74) is 2.72. The molecule has 1 aromatic carbocycles. The maximum Gasteiger partial charge on any atom is 0.255 e. The lowest BCUT2D eigenvalue weighted by molar-refractivity contribution is -0.136. The molecule has 7 heteroatoms. The van der Waals surface area contributed by atoms with E-state index in [0.717, 1.165) is 17.7 Å². The van der Waals surface area contributed by atoms with Crippen LogP contribution in [0.25, 0.3) is 0 Å². The first kappa shape index (κ1) is 18.9. The molecule has 150 valence electrons. The van der Waals surface area contributed by atoms with E-state index in [1.165, 1.54) is 19.3 Å². The van der Waals surface area contributed by atoms with Gasteiger partial charge in [0.25, 0.3) is 5.91 Å². The average Bonchev–Trinajstić information content (AvgIpc) is 3.03. The fraction of sp³-hybridized carbons (Fsp3) is 0.571. The zero-order valence-electron chi connectivity index (χ0n) is 16.5. The summed E-state index contributed by atoms with van der Waals surface area (Å²) >= 11 is 0. The first-order valence-corrected chi connectivity index (χ1v) is 10.2. The molecule has 1 aliphatic carbocycles. The second kappa shape index (κ2) is 7.54. The predicted octanol–water partition coefficient (Wildman–Crippen LogP) is 1.41. The summed E-state index contributed by atoms with van der Waals surface area (Å²) in [4.78, 5) is 40.4. The Morgan fingerprint density at radius 3 is 2.68 bits per heavy atom. The van der Waals surface area contributed by atoms with E-state index in [1.54, 1.807) is 4.90 Å². The lowest BCUT2D eigenvalue weighted by Crippen LogP contribution is -2.52. The van der Waals surface area contributed by atoms with Crippen molar-refractivity contribution in [3.63, 3.8) is 0 Å². The number of amides is 3. The zero-order valence-corrected chi connectivity index (χ0v) is 16.5. The molecule has 3 atom stereocenters. The second-order valence-corrected chi connectivity index (χ2v) is 8.10. The number of carbonyl (C=O) groups excluding carboxylic acids is 3. The molecule has 28 heavy (non-hydrogen) atoms. The van der Waals surface area contributed by atoms with E-state index in [4.69, 9.17) is 0 Å². The summed E-state index contributed by atoms with van der Waals surface area (Å²) in [6.45, 7) is 0.419. The van der Waals surface area contributed by atoms with Gasteiger partial charge in [-0.2, -0.15) is 0 Å². The van der Waals surface area contributed by atoms with Gasteiger partial charge < -0.3 is 15.1 Å². The van der Waals surface area contributed by atoms with Gasteiger partial charge in [0.15, 0.2) is 0 Å². The molecule has 1 unspecified atom stereocenters. The Morgan fingerprint density at radius 2 is 1.93 bits per heavy atom. The minimum Gasteiger partial charge on any atom is -0.370 e. The van der Waals surface area contributed by atoms with Gasteiger partial charge >= 0.3 is 0 Å². The van der Waals surface area contributed by atoms with Gasteiger partial charge in [0.2, 0.25) is 11.8 Å². The van der Waals surface area contributed by atoms with Crippen LogP contribution >= 0.6 is 0 Å². The highest BCUT2D eigenvalue weighted by atomic mass is 16.2. The van der Waals surface area contributed by atoms with E-state index < -0.39 is 6.04 Å². The van der Waals surface area contributed by atoms with Crippen molar-refractivity contribution in [1.82, 2.24) is 15.5 Å². The molecule has 7 nitrogen and oxygen atoms in total. The Kier molecular flexibility index (Phi) is 5.10. The topological polar surface area (TPSA) is 81.8 Å². The SMILES string of the molecule is CN[C@H]1CCCC[C@@H]1N(C)c1ccc2c(c1)CN(C1CCC(=O)NC1=O)C2=O. The Hall–Kier alpha value is -2.41. The van der Waals surface area contributed by atoms with Crippen LogP contribution in [0.4, 0.5) is 5.69 Å². The third kappa shape index (κ3) is 3.28. The molecule has 0 radical (unpaired) electrons. The monoisotopic (exact) mass is 384 g/mol. The number of hydrogen-bond donors (Lipinski definition) is 2. The zero-order chi connectivity index (χ0) is 19.8. The standard InChI is InChI=1S/C21H28N4O3/c1-22-16-5-3-4-6-17(16)24(2)14-7-8-15-13(11-14)12-25(21(15)28)18-9-10-19(26)23-20(18)27/h7-8,11,16-18,22H,3-6,9-10,12H2,1-2H3,(H,23,26,27)/t16-,17-,18?/m0/s1. The van der Waals surface area contributed by atoms with E-state index in [1.807, 2.05) is 19.2 Å². The molecule has 2 N–H and O–H groups in total. The van der Waals surface area contributed by atoms with Crippen LogP contribution in [0.5, 0.6) is 0 Å². The summed E-state index contributed by atoms with van der Waals surface area (Å²) in [6.07, 6.45) is 5.49. The van der Waals surface area contributed by atoms with E-state index in [2.05, 4.69) is 28.6 Å². The summed E-state index contributed by atoms with van der Waals surface area (Å²) in [6, 6.07) is 6.30. The number of carbonyl (C=O) groups is 3. The van der Waals surface area contributed by atoms with Crippen molar-refractivity contribution in [2.24, 2.45) is 0 Å². The average molecular weight is 384 g/mol. The summed E-state index contributed by atoms with van der Waals surface area (Å²) < 4.78 is 0. The van der Waals surface area contributed by atoms with E-state index in [9.17, 15) is 14.4 Å². The van der Waals surface area contributed by atoms with Crippen LogP contribution in [0.3, 0.4) is 0 Å². The third-order valence-electron chi connectivity index (χ3n) is 6.51. The summed E-state index contributed by atoms with van der Waals surface area (Å²) in [7, 11) is 4.15. The minimum atomic E-state index is -0.564. The van der Waals surface area contributed by atoms with Crippen LogP contribution < -0.4 is 15.5 Å². The number of anilines is 1. The van der Waals surface area contributed by atoms with Gasteiger partial charge in [-0.05, 0) is 50.1 Å². The Bertz CT molecular complexity index is 809. The van der Waals surface area contributed by atoms with Crippen molar-refractivity contribution in [1.29, 1.82) is 0 Å². The molecule has 2 aliphatic heterocycles. The number of benzene rings is 1. The number of piperidine rings is 1. The first-order valence-electron chi connectivity index (χ1n) is 10.2. The van der Waals surface area contributed by atoms with Gasteiger partial charge in [0.05, 0.1) is 0 Å². The highest BCUT2D eigenvalue weighted by molar-refractivity contribution is 6.05. The van der Waals surface area contributed by atoms with Crippen LogP contribution in [0, 0.1) is 0 Å². The largest absolute Gasteiger partial charge is 0.370 e. The number of likely N-dealkylation sites (N-methyl/N-ethyl adjacent to an activating group) is 2. The second-order valence-electron chi connectivity index (χ2n) is 8.10. The van der Waals surface area contributed by atoms with Crippen LogP contribution in [0.15, 0.2) is 18.2 Å². The predicted molar refractivity (Wildman–Crippen MR) is 106 cm³/mol. The molecular formula is C21H28N4O3. The molecule has 2 fully saturated rings. The van der Waals surface area contributed by atoms with Gasteiger partial charge in [-0.3, -0.25) is 19.7 Å². The quantitative estimate of drug-likeness (QED) is 0.768.